The van der Waals surface area contributed by atoms with E-state index < -0.39 is 12.1 Å². The SMILES string of the molecule is C/C=C(/F)CC/C(F)=C\Cc1ccc(CN2CCC(CN(C(=O)OC)c3ccc(C(=O)O)cc3)CC2)cc1C.CC1CC1. The molecule has 0 radical (unpaired) electrons. The minimum absolute atomic E-state index is 0.0810. The number of likely N-dealkylation sites (tertiary alicyclic amines) is 1. The minimum atomic E-state index is -1.01. The number of halogens is 2. The molecule has 1 saturated heterocycles. The highest BCUT2D eigenvalue weighted by Crippen LogP contribution is 2.27. The Labute approximate surface area is 255 Å². The number of amides is 1. The predicted molar refractivity (Wildman–Crippen MR) is 168 cm³/mol. The van der Waals surface area contributed by atoms with Crippen molar-refractivity contribution in [1.29, 1.82) is 0 Å². The van der Waals surface area contributed by atoms with Gasteiger partial charge in [-0.1, -0.05) is 44.0 Å². The number of ether oxygens (including phenoxy) is 1. The second-order valence-corrected chi connectivity index (χ2v) is 11.7. The van der Waals surface area contributed by atoms with E-state index in [4.69, 9.17) is 9.84 Å². The summed E-state index contributed by atoms with van der Waals surface area (Å²) in [4.78, 5) is 27.6. The highest BCUT2D eigenvalue weighted by atomic mass is 19.1. The number of anilines is 1. The van der Waals surface area contributed by atoms with Crippen molar-refractivity contribution in [3.8, 4) is 0 Å². The standard InChI is InChI=1S/C31H38F2N2O4.C4H8/c1-4-27(32)11-12-28(33)10-7-25-6-5-24(19-22(25)2)20-34-17-15-23(16-18-34)21-35(31(38)39-3)29-13-8-26(9-14-29)30(36)37;1-4-2-3-4/h4-6,8-10,13-14,19,23H,7,11-12,15-18,20-21H2,1-3H3,(H,36,37);4H,2-3H2,1H3/b27-4+,28-10+;. The van der Waals surface area contributed by atoms with Crippen LogP contribution in [0.5, 0.6) is 0 Å². The zero-order valence-corrected chi connectivity index (χ0v) is 26.0. The summed E-state index contributed by atoms with van der Waals surface area (Å²) >= 11 is 0. The summed E-state index contributed by atoms with van der Waals surface area (Å²) < 4.78 is 32.2. The maximum absolute atomic E-state index is 14.0. The molecule has 0 atom stereocenters. The van der Waals surface area contributed by atoms with Crippen molar-refractivity contribution in [3.63, 3.8) is 0 Å². The lowest BCUT2D eigenvalue weighted by molar-refractivity contribution is 0.0697. The predicted octanol–water partition coefficient (Wildman–Crippen LogP) is 8.64. The molecule has 6 nitrogen and oxygen atoms in total. The lowest BCUT2D eigenvalue weighted by Crippen LogP contribution is -2.40. The van der Waals surface area contributed by atoms with Crippen LogP contribution in [0.4, 0.5) is 19.3 Å². The molecule has 0 aromatic heterocycles. The van der Waals surface area contributed by atoms with Crippen molar-refractivity contribution in [2.24, 2.45) is 11.8 Å². The van der Waals surface area contributed by atoms with Crippen LogP contribution in [0.3, 0.4) is 0 Å². The summed E-state index contributed by atoms with van der Waals surface area (Å²) in [6.07, 6.45) is 7.91. The van der Waals surface area contributed by atoms with Gasteiger partial charge in [-0.3, -0.25) is 9.80 Å². The molecule has 1 amide bonds. The van der Waals surface area contributed by atoms with Crippen LogP contribution in [0.15, 0.2) is 66.3 Å². The van der Waals surface area contributed by atoms with Gasteiger partial charge in [0.15, 0.2) is 0 Å². The van der Waals surface area contributed by atoms with E-state index in [1.807, 2.05) is 13.0 Å². The van der Waals surface area contributed by atoms with Gasteiger partial charge in [0.1, 0.15) is 0 Å². The summed E-state index contributed by atoms with van der Waals surface area (Å²) in [5.74, 6) is -0.216. The third-order valence-corrected chi connectivity index (χ3v) is 8.11. The molecule has 2 aromatic rings. The van der Waals surface area contributed by atoms with Crippen LogP contribution in [0, 0.1) is 18.8 Å². The van der Waals surface area contributed by atoms with Crippen molar-refractivity contribution in [2.75, 3.05) is 31.6 Å². The number of piperidine rings is 1. The Balaban J connectivity index is 0.00000116. The number of rotatable bonds is 11. The number of carbonyl (C=O) groups excluding carboxylic acids is 1. The summed E-state index contributed by atoms with van der Waals surface area (Å²) in [6.45, 7) is 9.03. The Bertz CT molecular complexity index is 1260. The number of benzene rings is 2. The van der Waals surface area contributed by atoms with Gasteiger partial charge < -0.3 is 9.84 Å². The van der Waals surface area contributed by atoms with Gasteiger partial charge in [0.2, 0.25) is 0 Å². The zero-order chi connectivity index (χ0) is 31.4. The summed E-state index contributed by atoms with van der Waals surface area (Å²) in [5.41, 5.74) is 4.14. The van der Waals surface area contributed by atoms with Crippen LogP contribution in [-0.2, 0) is 17.7 Å². The highest BCUT2D eigenvalue weighted by Gasteiger charge is 2.25. The largest absolute Gasteiger partial charge is 0.478 e. The highest BCUT2D eigenvalue weighted by molar-refractivity contribution is 5.90. The first kappa shape index (κ1) is 34.0. The first-order valence-corrected chi connectivity index (χ1v) is 15.2. The van der Waals surface area contributed by atoms with Gasteiger partial charge >= 0.3 is 12.1 Å². The van der Waals surface area contributed by atoms with Gasteiger partial charge in [-0.05, 0) is 105 Å². The number of nitrogens with zero attached hydrogens (tertiary/aromatic N) is 2. The lowest BCUT2D eigenvalue weighted by Gasteiger charge is -2.34. The first-order chi connectivity index (χ1) is 20.6. The van der Waals surface area contributed by atoms with Gasteiger partial charge in [-0.25, -0.2) is 18.4 Å². The minimum Gasteiger partial charge on any atom is -0.478 e. The third kappa shape index (κ3) is 11.6. The van der Waals surface area contributed by atoms with Crippen molar-refractivity contribution >= 4 is 17.7 Å². The molecule has 43 heavy (non-hydrogen) atoms. The lowest BCUT2D eigenvalue weighted by atomic mass is 9.95. The van der Waals surface area contributed by atoms with Crippen LogP contribution in [0.2, 0.25) is 0 Å². The molecule has 0 unspecified atom stereocenters. The van der Waals surface area contributed by atoms with Gasteiger partial charge in [-0.2, -0.15) is 0 Å². The maximum atomic E-state index is 14.0. The molecule has 1 N–H and O–H groups in total. The maximum Gasteiger partial charge on any atom is 0.414 e. The first-order valence-electron chi connectivity index (χ1n) is 15.2. The van der Waals surface area contributed by atoms with E-state index in [9.17, 15) is 18.4 Å². The molecule has 0 bridgehead atoms. The normalized spacial score (nSPS) is 16.3. The Morgan fingerprint density at radius 2 is 1.65 bits per heavy atom. The van der Waals surface area contributed by atoms with Gasteiger partial charge in [-0.15, -0.1) is 0 Å². The molecule has 1 aliphatic heterocycles. The van der Waals surface area contributed by atoms with E-state index in [0.29, 0.717) is 24.6 Å². The van der Waals surface area contributed by atoms with Gasteiger partial charge in [0.05, 0.1) is 24.3 Å². The van der Waals surface area contributed by atoms with Crippen LogP contribution in [-0.4, -0.2) is 48.8 Å². The van der Waals surface area contributed by atoms with Crippen LogP contribution >= 0.6 is 0 Å². The fourth-order valence-electron chi connectivity index (χ4n) is 4.98. The van der Waals surface area contributed by atoms with Crippen molar-refractivity contribution in [2.45, 2.75) is 72.3 Å². The molecule has 1 heterocycles. The number of carboxylic acids is 1. The third-order valence-electron chi connectivity index (χ3n) is 8.11. The number of aromatic carboxylic acids is 1. The molecular formula is C35H46F2N2O4. The summed E-state index contributed by atoms with van der Waals surface area (Å²) in [5, 5.41) is 9.14. The summed E-state index contributed by atoms with van der Waals surface area (Å²) in [7, 11) is 1.34. The Morgan fingerprint density at radius 1 is 1.02 bits per heavy atom. The molecular weight excluding hydrogens is 550 g/mol. The summed E-state index contributed by atoms with van der Waals surface area (Å²) in [6, 6.07) is 12.5. The van der Waals surface area contributed by atoms with E-state index in [1.165, 1.54) is 49.8 Å². The molecule has 0 spiro atoms. The molecule has 2 fully saturated rings. The number of methoxy groups -OCH3 is 1. The second kappa shape index (κ2) is 16.9. The molecule has 2 aliphatic rings. The second-order valence-electron chi connectivity index (χ2n) is 11.7. The molecule has 1 saturated carbocycles. The van der Waals surface area contributed by atoms with Crippen LogP contribution in [0.25, 0.3) is 0 Å². The monoisotopic (exact) mass is 596 g/mol. The van der Waals surface area contributed by atoms with Gasteiger partial charge in [0, 0.05) is 31.6 Å². The van der Waals surface area contributed by atoms with E-state index in [-0.39, 0.29) is 30.1 Å². The average Bonchev–Trinajstić information content (AvgIpc) is 3.80. The number of aryl methyl sites for hydroxylation is 1. The average molecular weight is 597 g/mol. The Morgan fingerprint density at radius 3 is 2.19 bits per heavy atom. The number of allylic oxidation sites excluding steroid dienone is 4. The molecule has 2 aromatic carbocycles. The molecule has 1 aliphatic carbocycles. The Hall–Kier alpha value is -3.52. The number of hydrogen-bond acceptors (Lipinski definition) is 4. The fraction of sp³-hybridized carbons (Fsp3) is 0.486. The fourth-order valence-corrected chi connectivity index (χ4v) is 4.98. The molecule has 8 heteroatoms. The molecule has 234 valence electrons. The molecule has 4 rings (SSSR count). The smallest absolute Gasteiger partial charge is 0.414 e. The van der Waals surface area contributed by atoms with Crippen LogP contribution < -0.4 is 4.90 Å². The zero-order valence-electron chi connectivity index (χ0n) is 26.0. The number of carbonyl (C=O) groups is 2. The van der Waals surface area contributed by atoms with E-state index in [1.54, 1.807) is 24.0 Å². The Kier molecular flexibility index (Phi) is 13.4. The quantitative estimate of drug-likeness (QED) is 0.281. The van der Waals surface area contributed by atoms with Gasteiger partial charge in [0.25, 0.3) is 0 Å². The van der Waals surface area contributed by atoms with E-state index in [2.05, 4.69) is 24.0 Å². The van der Waals surface area contributed by atoms with E-state index >= 15 is 0 Å². The van der Waals surface area contributed by atoms with Crippen molar-refractivity contribution in [3.05, 3.63) is 88.5 Å². The van der Waals surface area contributed by atoms with Crippen LogP contribution in [0.1, 0.15) is 79.4 Å². The van der Waals surface area contributed by atoms with Crippen molar-refractivity contribution < 1.29 is 28.2 Å². The topological polar surface area (TPSA) is 70.1 Å². The number of carboxylic acid groups (broad SMARTS) is 1. The van der Waals surface area contributed by atoms with Crippen molar-refractivity contribution in [1.82, 2.24) is 4.90 Å². The van der Waals surface area contributed by atoms with E-state index in [0.717, 1.165) is 49.5 Å². The number of hydrogen-bond donors (Lipinski definition) is 1.